The molecule has 1 saturated carbocycles. The van der Waals surface area contributed by atoms with E-state index in [-0.39, 0.29) is 5.97 Å². The number of halogens is 1. The van der Waals surface area contributed by atoms with Gasteiger partial charge in [0, 0.05) is 0 Å². The van der Waals surface area contributed by atoms with Crippen LogP contribution < -0.4 is 8.70 Å². The van der Waals surface area contributed by atoms with Gasteiger partial charge in [-0.1, -0.05) is 0 Å². The van der Waals surface area contributed by atoms with Gasteiger partial charge >= 0.3 is 170 Å². The zero-order valence-electron chi connectivity index (χ0n) is 14.7. The van der Waals surface area contributed by atoms with Crippen molar-refractivity contribution in [2.75, 3.05) is 7.11 Å². The normalized spacial score (nSPS) is 13.9. The van der Waals surface area contributed by atoms with Crippen LogP contribution in [0, 0.1) is 0 Å². The first-order chi connectivity index (χ1) is 13.1. The second-order valence-corrected chi connectivity index (χ2v) is 9.43. The molecule has 0 saturated heterocycles. The zero-order valence-corrected chi connectivity index (χ0v) is 17.4. The quantitative estimate of drug-likeness (QED) is 0.453. The van der Waals surface area contributed by atoms with E-state index in [1.165, 1.54) is 25.5 Å². The van der Waals surface area contributed by atoms with Crippen LogP contribution in [0.25, 0.3) is 11.4 Å². The number of rotatable bonds is 5. The summed E-state index contributed by atoms with van der Waals surface area (Å²) in [4.78, 5) is 21.2. The van der Waals surface area contributed by atoms with Gasteiger partial charge < -0.3 is 0 Å². The molecule has 0 N–H and O–H groups in total. The number of methoxy groups -OCH3 is 1. The topological polar surface area (TPSA) is 52.1 Å². The summed E-state index contributed by atoms with van der Waals surface area (Å²) in [6, 6.07) is 13.7. The molecular formula is C21H17AsClN2O2. The molecule has 1 radical (unpaired) electrons. The molecule has 0 amide bonds. The van der Waals surface area contributed by atoms with Gasteiger partial charge in [0.2, 0.25) is 0 Å². The third-order valence-corrected chi connectivity index (χ3v) is 7.03. The van der Waals surface area contributed by atoms with Crippen molar-refractivity contribution in [3.63, 3.8) is 0 Å². The Bertz CT molecular complexity index is 988. The maximum absolute atomic E-state index is 12.2. The molecule has 1 aromatic heterocycles. The zero-order chi connectivity index (χ0) is 18.8. The molecule has 0 spiro atoms. The van der Waals surface area contributed by atoms with E-state index in [9.17, 15) is 4.79 Å². The maximum atomic E-state index is 12.2. The number of carbonyl (C=O) groups is 1. The Labute approximate surface area is 169 Å². The van der Waals surface area contributed by atoms with E-state index in [1.54, 1.807) is 0 Å². The number of hydrogen-bond acceptors (Lipinski definition) is 4. The van der Waals surface area contributed by atoms with E-state index < -0.39 is 15.8 Å². The molecule has 27 heavy (non-hydrogen) atoms. The Morgan fingerprint density at radius 3 is 2.59 bits per heavy atom. The van der Waals surface area contributed by atoms with Crippen LogP contribution in [0.3, 0.4) is 0 Å². The second kappa shape index (κ2) is 7.83. The third kappa shape index (κ3) is 4.23. The molecule has 2 aromatic carbocycles. The molecule has 1 heterocycles. The molecule has 3 aromatic rings. The van der Waals surface area contributed by atoms with Crippen molar-refractivity contribution in [1.82, 2.24) is 9.97 Å². The average molecular weight is 440 g/mol. The molecule has 0 unspecified atom stereocenters. The molecule has 135 valence electrons. The Morgan fingerprint density at radius 2 is 1.93 bits per heavy atom. The van der Waals surface area contributed by atoms with Crippen molar-refractivity contribution in [3.05, 3.63) is 71.0 Å². The first-order valence-corrected chi connectivity index (χ1v) is 10.9. The molecule has 0 aliphatic heterocycles. The van der Waals surface area contributed by atoms with Crippen molar-refractivity contribution in [1.29, 1.82) is 0 Å². The summed E-state index contributed by atoms with van der Waals surface area (Å²) in [5, 5.41) is 0.657. The number of nitrogens with zero attached hydrogens (tertiary/aromatic N) is 2. The molecule has 0 bridgehead atoms. The summed E-state index contributed by atoms with van der Waals surface area (Å²) < 4.78 is 7.03. The predicted octanol–water partition coefficient (Wildman–Crippen LogP) is 3.12. The minimum absolute atomic E-state index is 0.278. The first kappa shape index (κ1) is 18.2. The van der Waals surface area contributed by atoms with Crippen LogP contribution in [-0.2, 0) is 4.74 Å². The number of ether oxygens (including phenoxy) is 1. The van der Waals surface area contributed by atoms with Crippen molar-refractivity contribution >= 4 is 42.0 Å². The van der Waals surface area contributed by atoms with E-state index in [1.807, 2.05) is 42.7 Å². The van der Waals surface area contributed by atoms with E-state index in [4.69, 9.17) is 16.3 Å². The number of benzene rings is 2. The Balaban J connectivity index is 1.59. The van der Waals surface area contributed by atoms with Crippen LogP contribution in [0.15, 0.2) is 54.9 Å². The number of aromatic nitrogens is 2. The summed E-state index contributed by atoms with van der Waals surface area (Å²) in [7, 11) is 1.43. The van der Waals surface area contributed by atoms with E-state index in [2.05, 4.69) is 22.1 Å². The van der Waals surface area contributed by atoms with Crippen molar-refractivity contribution in [2.24, 2.45) is 0 Å². The van der Waals surface area contributed by atoms with Crippen LogP contribution >= 0.6 is 11.6 Å². The fraction of sp³-hybridized carbons (Fsp3) is 0.190. The Hall–Kier alpha value is -2.16. The van der Waals surface area contributed by atoms with Crippen LogP contribution in [-0.4, -0.2) is 38.8 Å². The predicted molar refractivity (Wildman–Crippen MR) is 107 cm³/mol. The van der Waals surface area contributed by atoms with Crippen LogP contribution in [0.5, 0.6) is 0 Å². The third-order valence-electron chi connectivity index (χ3n) is 4.45. The van der Waals surface area contributed by atoms with E-state index >= 15 is 0 Å². The molecule has 1 fully saturated rings. The standard InChI is InChI=1S/C21H17AsClN2O2/c1-27-21(26)18-10-14(13-5-6-13)7-8-19(18)22-16-11-24-20(25-12-16)15-3-2-4-17(23)9-15/h2-4,7-13H,5-6H2,1H3. The molecule has 1 aliphatic carbocycles. The summed E-state index contributed by atoms with van der Waals surface area (Å²) in [6.45, 7) is 0. The van der Waals surface area contributed by atoms with Gasteiger partial charge in [0.25, 0.3) is 0 Å². The average Bonchev–Trinajstić information content (AvgIpc) is 3.53. The molecular weight excluding hydrogens is 423 g/mol. The monoisotopic (exact) mass is 439 g/mol. The van der Waals surface area contributed by atoms with Gasteiger partial charge in [-0.25, -0.2) is 0 Å². The van der Waals surface area contributed by atoms with E-state index in [0.29, 0.717) is 22.3 Å². The minimum atomic E-state index is -0.415. The summed E-state index contributed by atoms with van der Waals surface area (Å²) >= 11 is 5.62. The second-order valence-electron chi connectivity index (χ2n) is 6.43. The molecule has 4 rings (SSSR count). The van der Waals surface area contributed by atoms with Crippen LogP contribution in [0.2, 0.25) is 5.02 Å². The van der Waals surface area contributed by atoms with Crippen molar-refractivity contribution in [3.8, 4) is 11.4 Å². The molecule has 1 aliphatic rings. The number of hydrogen-bond donors (Lipinski definition) is 0. The van der Waals surface area contributed by atoms with Gasteiger partial charge in [0.15, 0.2) is 0 Å². The molecule has 0 atom stereocenters. The summed E-state index contributed by atoms with van der Waals surface area (Å²) in [5.41, 5.74) is 2.78. The number of carbonyl (C=O) groups excluding carboxylic acids is 1. The van der Waals surface area contributed by atoms with E-state index in [0.717, 1.165) is 14.3 Å². The van der Waals surface area contributed by atoms with Gasteiger partial charge in [-0.05, 0) is 0 Å². The van der Waals surface area contributed by atoms with Crippen molar-refractivity contribution in [2.45, 2.75) is 18.8 Å². The first-order valence-electron chi connectivity index (χ1n) is 8.66. The van der Waals surface area contributed by atoms with Crippen LogP contribution in [0.1, 0.15) is 34.7 Å². The fourth-order valence-electron chi connectivity index (χ4n) is 2.89. The van der Waals surface area contributed by atoms with Crippen LogP contribution in [0.4, 0.5) is 0 Å². The number of esters is 1. The summed E-state index contributed by atoms with van der Waals surface area (Å²) in [5.74, 6) is 0.957. The van der Waals surface area contributed by atoms with Gasteiger partial charge in [-0.3, -0.25) is 0 Å². The molecule has 4 nitrogen and oxygen atoms in total. The van der Waals surface area contributed by atoms with Gasteiger partial charge in [-0.15, -0.1) is 0 Å². The van der Waals surface area contributed by atoms with Crippen molar-refractivity contribution < 1.29 is 9.53 Å². The molecule has 6 heteroatoms. The SMILES string of the molecule is COC(=O)c1cc(C2CC2)ccc1[As]c1cnc(-c2cccc(Cl)c2)nc1. The summed E-state index contributed by atoms with van der Waals surface area (Å²) in [6.07, 6.45) is 6.07. The Kier molecular flexibility index (Phi) is 5.28. The Morgan fingerprint density at radius 1 is 1.15 bits per heavy atom. The fourth-order valence-corrected chi connectivity index (χ4v) is 5.04. The van der Waals surface area contributed by atoms with Gasteiger partial charge in [-0.2, -0.15) is 0 Å². The van der Waals surface area contributed by atoms with Gasteiger partial charge in [0.1, 0.15) is 0 Å². The van der Waals surface area contributed by atoms with Gasteiger partial charge in [0.05, 0.1) is 0 Å².